The fraction of sp³-hybridized carbons (Fsp3) is 0.625. The second-order valence-electron chi connectivity index (χ2n) is 17.6. The molecule has 0 bridgehead atoms. The van der Waals surface area contributed by atoms with Crippen LogP contribution in [0.3, 0.4) is 0 Å². The highest BCUT2D eigenvalue weighted by Crippen LogP contribution is 2.30. The molecule has 396 valence electrons. The molecule has 0 spiro atoms. The number of allylic oxidation sites excluding steroid dienone is 20. The zero-order valence-electron chi connectivity index (χ0n) is 41.9. The Labute approximate surface area is 418 Å². The summed E-state index contributed by atoms with van der Waals surface area (Å²) in [6.45, 7) is 2.48. The maximum absolute atomic E-state index is 13.0. The summed E-state index contributed by atoms with van der Waals surface area (Å²) in [4.78, 5) is 13.0. The molecule has 2 fully saturated rings. The van der Waals surface area contributed by atoms with Crippen molar-refractivity contribution in [2.75, 3.05) is 19.8 Å². The molecule has 12 unspecified atom stereocenters. The van der Waals surface area contributed by atoms with Gasteiger partial charge in [-0.05, 0) is 89.9 Å². The Bertz CT molecular complexity index is 1630. The molecule has 2 aliphatic heterocycles. The number of carbonyl (C=O) groups is 1. The van der Waals surface area contributed by atoms with Gasteiger partial charge in [0.1, 0.15) is 48.8 Å². The third-order valence-electron chi connectivity index (χ3n) is 11.7. The van der Waals surface area contributed by atoms with Crippen LogP contribution >= 0.6 is 0 Å². The van der Waals surface area contributed by atoms with E-state index in [4.69, 9.17) is 18.9 Å². The quantitative estimate of drug-likeness (QED) is 0.0224. The van der Waals surface area contributed by atoms with E-state index in [1.54, 1.807) is 0 Å². The Balaban J connectivity index is 1.62. The highest BCUT2D eigenvalue weighted by Gasteiger charge is 2.51. The largest absolute Gasteiger partial charge is 0.394 e. The summed E-state index contributed by atoms with van der Waals surface area (Å²) in [5.41, 5.74) is 0. The summed E-state index contributed by atoms with van der Waals surface area (Å²) in [5, 5.41) is 86.0. The van der Waals surface area contributed by atoms with Crippen molar-refractivity contribution >= 4 is 5.91 Å². The summed E-state index contributed by atoms with van der Waals surface area (Å²) in [6, 6.07) is -0.857. The monoisotopic (exact) mass is 984 g/mol. The van der Waals surface area contributed by atoms with Gasteiger partial charge < -0.3 is 65.1 Å². The number of hydrogen-bond acceptors (Lipinski definition) is 13. The van der Waals surface area contributed by atoms with Crippen LogP contribution in [0.4, 0.5) is 0 Å². The maximum Gasteiger partial charge on any atom is 0.220 e. The topological polar surface area (TPSA) is 228 Å². The summed E-state index contributed by atoms with van der Waals surface area (Å²) >= 11 is 0. The maximum atomic E-state index is 13.0. The van der Waals surface area contributed by atoms with Gasteiger partial charge in [0.2, 0.25) is 5.91 Å². The average Bonchev–Trinajstić information content (AvgIpc) is 3.36. The predicted octanol–water partition coefficient (Wildman–Crippen LogP) is 7.10. The SMILES string of the molecule is CC/C=C\C/C=C\C/C=C\C/C=C\C/C=C\C/C=C\C/C=C\C/C=C\C/C=C\C/C=C\CCCCC(=O)NC(COC1OC(CO)C(OC2OC(CO)C(O)C(O)C2O)C(O)C1O)C(O)CCCCC. The van der Waals surface area contributed by atoms with Gasteiger partial charge >= 0.3 is 0 Å². The minimum absolute atomic E-state index is 0.237. The lowest BCUT2D eigenvalue weighted by atomic mass is 9.97. The zero-order chi connectivity index (χ0) is 51.0. The summed E-state index contributed by atoms with van der Waals surface area (Å²) < 4.78 is 22.5. The molecule has 0 radical (unpaired) electrons. The molecule has 2 saturated heterocycles. The Morgan fingerprint density at radius 1 is 0.529 bits per heavy atom. The Kier molecular flexibility index (Phi) is 36.5. The van der Waals surface area contributed by atoms with E-state index in [1.165, 1.54) is 0 Å². The van der Waals surface area contributed by atoms with E-state index in [2.05, 4.69) is 134 Å². The number of aliphatic hydroxyl groups excluding tert-OH is 8. The van der Waals surface area contributed by atoms with Crippen LogP contribution in [0.1, 0.15) is 129 Å². The van der Waals surface area contributed by atoms with Crippen molar-refractivity contribution in [2.24, 2.45) is 0 Å². The lowest BCUT2D eigenvalue weighted by molar-refractivity contribution is -0.359. The summed E-state index contributed by atoms with van der Waals surface area (Å²) in [6.07, 6.45) is 41.9. The fourth-order valence-corrected chi connectivity index (χ4v) is 7.50. The van der Waals surface area contributed by atoms with Crippen molar-refractivity contribution < 1.29 is 64.6 Å². The van der Waals surface area contributed by atoms with E-state index in [-0.39, 0.29) is 18.9 Å². The molecule has 0 aromatic carbocycles. The van der Waals surface area contributed by atoms with Crippen molar-refractivity contribution in [2.45, 2.75) is 203 Å². The van der Waals surface area contributed by atoms with E-state index in [1.807, 2.05) is 6.92 Å². The molecule has 0 aliphatic carbocycles. The van der Waals surface area contributed by atoms with E-state index in [9.17, 15) is 45.6 Å². The van der Waals surface area contributed by atoms with Gasteiger partial charge in [0.05, 0.1) is 32.0 Å². The number of amides is 1. The van der Waals surface area contributed by atoms with Crippen LogP contribution in [0.2, 0.25) is 0 Å². The smallest absolute Gasteiger partial charge is 0.220 e. The first-order chi connectivity index (χ1) is 34.1. The standard InChI is InChI=1S/C56H89NO13/c1-3-5-7-8-9-10-11-12-13-14-15-16-17-18-19-20-21-22-23-24-25-26-27-28-29-30-31-32-33-34-35-36-38-40-48(61)57-44(45(60)39-37-6-4-2)43-67-55-53(66)51(64)54(47(42-59)69-55)70-56-52(65)50(63)49(62)46(41-58)68-56/h5,7,9-10,12-13,15-16,18-19,21-22,24-25,27-28,30-31,33-34,44-47,49-56,58-60,62-66H,3-4,6,8,11,14,17,20,23,26,29,32,35-43H2,1-2H3,(H,57,61)/b7-5-,10-9-,13-12-,16-15-,19-18-,22-21-,25-24-,28-27-,31-30-,34-33-. The van der Waals surface area contributed by atoms with Crippen molar-refractivity contribution in [3.05, 3.63) is 122 Å². The molecule has 2 aliphatic rings. The Hall–Kier alpha value is -3.61. The molecule has 9 N–H and O–H groups in total. The van der Waals surface area contributed by atoms with Crippen LogP contribution in [-0.2, 0) is 23.7 Å². The molecule has 12 atom stereocenters. The molecule has 0 saturated carbocycles. The first kappa shape index (κ1) is 62.5. The number of hydrogen-bond donors (Lipinski definition) is 9. The van der Waals surface area contributed by atoms with Crippen molar-refractivity contribution in [1.29, 1.82) is 0 Å². The van der Waals surface area contributed by atoms with Crippen molar-refractivity contribution in [3.8, 4) is 0 Å². The lowest BCUT2D eigenvalue weighted by Crippen LogP contribution is -2.65. The number of aliphatic hydroxyl groups is 8. The van der Waals surface area contributed by atoms with Crippen LogP contribution in [0, 0.1) is 0 Å². The Morgan fingerprint density at radius 3 is 1.43 bits per heavy atom. The van der Waals surface area contributed by atoms with Gasteiger partial charge in [0.15, 0.2) is 12.6 Å². The van der Waals surface area contributed by atoms with Crippen molar-refractivity contribution in [3.63, 3.8) is 0 Å². The van der Waals surface area contributed by atoms with E-state index < -0.39 is 86.8 Å². The molecule has 0 aromatic rings. The van der Waals surface area contributed by atoms with E-state index in [0.717, 1.165) is 96.3 Å². The van der Waals surface area contributed by atoms with Gasteiger partial charge in [0.25, 0.3) is 0 Å². The van der Waals surface area contributed by atoms with E-state index in [0.29, 0.717) is 12.8 Å². The molecule has 2 heterocycles. The van der Waals surface area contributed by atoms with Gasteiger partial charge in [-0.15, -0.1) is 0 Å². The first-order valence-electron chi connectivity index (χ1n) is 25.8. The second kappa shape index (κ2) is 40.9. The van der Waals surface area contributed by atoms with Crippen LogP contribution in [0.25, 0.3) is 0 Å². The minimum atomic E-state index is -1.79. The molecular weight excluding hydrogens is 895 g/mol. The minimum Gasteiger partial charge on any atom is -0.394 e. The lowest BCUT2D eigenvalue weighted by Gasteiger charge is -2.46. The molecule has 14 nitrogen and oxygen atoms in total. The van der Waals surface area contributed by atoms with Crippen LogP contribution in [0.5, 0.6) is 0 Å². The first-order valence-corrected chi connectivity index (χ1v) is 25.8. The normalized spacial score (nSPS) is 27.0. The second-order valence-corrected chi connectivity index (χ2v) is 17.6. The molecule has 70 heavy (non-hydrogen) atoms. The van der Waals surface area contributed by atoms with E-state index >= 15 is 0 Å². The number of carbonyl (C=O) groups excluding carboxylic acids is 1. The predicted molar refractivity (Wildman–Crippen MR) is 276 cm³/mol. The molecule has 1 amide bonds. The Morgan fingerprint density at radius 2 is 0.971 bits per heavy atom. The van der Waals surface area contributed by atoms with Gasteiger partial charge in [-0.1, -0.05) is 155 Å². The molecule has 0 aromatic heterocycles. The summed E-state index contributed by atoms with van der Waals surface area (Å²) in [5.74, 6) is -0.269. The zero-order valence-corrected chi connectivity index (χ0v) is 41.9. The van der Waals surface area contributed by atoms with Gasteiger partial charge in [0, 0.05) is 6.42 Å². The van der Waals surface area contributed by atoms with Gasteiger partial charge in [-0.3, -0.25) is 4.79 Å². The number of rotatable bonds is 37. The highest BCUT2D eigenvalue weighted by molar-refractivity contribution is 5.76. The van der Waals surface area contributed by atoms with Crippen LogP contribution < -0.4 is 5.32 Å². The van der Waals surface area contributed by atoms with Gasteiger partial charge in [-0.2, -0.15) is 0 Å². The van der Waals surface area contributed by atoms with Crippen LogP contribution in [-0.4, -0.2) is 140 Å². The molecule has 14 heteroatoms. The molecule has 2 rings (SSSR count). The average molecular weight is 984 g/mol. The van der Waals surface area contributed by atoms with Crippen molar-refractivity contribution in [1.82, 2.24) is 5.32 Å². The summed E-state index contributed by atoms with van der Waals surface area (Å²) in [7, 11) is 0. The third kappa shape index (κ3) is 27.3. The molecular formula is C56H89NO13. The fourth-order valence-electron chi connectivity index (χ4n) is 7.50. The number of unbranched alkanes of at least 4 members (excludes halogenated alkanes) is 4. The third-order valence-corrected chi connectivity index (χ3v) is 11.7. The number of nitrogens with one attached hydrogen (secondary N) is 1. The van der Waals surface area contributed by atoms with Crippen LogP contribution in [0.15, 0.2) is 122 Å². The van der Waals surface area contributed by atoms with Gasteiger partial charge in [-0.25, -0.2) is 0 Å². The number of ether oxygens (including phenoxy) is 4. The highest BCUT2D eigenvalue weighted by atomic mass is 16.7.